The summed E-state index contributed by atoms with van der Waals surface area (Å²) in [5.41, 5.74) is 0.239. The Bertz CT molecular complexity index is 639. The molecule has 1 heterocycles. The highest BCUT2D eigenvalue weighted by atomic mass is 16.6. The molecule has 2 rings (SSSR count). The molecule has 0 spiro atoms. The molecule has 25 heavy (non-hydrogen) atoms. The van der Waals surface area contributed by atoms with Crippen molar-refractivity contribution in [3.63, 3.8) is 0 Å². The van der Waals surface area contributed by atoms with Gasteiger partial charge in [0.1, 0.15) is 5.60 Å². The van der Waals surface area contributed by atoms with E-state index in [9.17, 15) is 19.5 Å². The van der Waals surface area contributed by atoms with Crippen LogP contribution in [0.3, 0.4) is 0 Å². The third kappa shape index (κ3) is 5.48. The van der Waals surface area contributed by atoms with Crippen molar-refractivity contribution >= 4 is 18.0 Å². The van der Waals surface area contributed by atoms with Crippen molar-refractivity contribution in [3.8, 4) is 0 Å². The van der Waals surface area contributed by atoms with Gasteiger partial charge in [-0.15, -0.1) is 0 Å². The summed E-state index contributed by atoms with van der Waals surface area (Å²) in [6, 6.07) is 8.13. The summed E-state index contributed by atoms with van der Waals surface area (Å²) in [5.74, 6) is -1.20. The lowest BCUT2D eigenvalue weighted by Gasteiger charge is -2.28. The van der Waals surface area contributed by atoms with E-state index in [2.05, 4.69) is 5.32 Å². The van der Waals surface area contributed by atoms with Gasteiger partial charge in [0.15, 0.2) is 0 Å². The maximum atomic E-state index is 12.4. The Morgan fingerprint density at radius 2 is 1.92 bits per heavy atom. The minimum atomic E-state index is -1.02. The lowest BCUT2D eigenvalue weighted by Crippen LogP contribution is -2.47. The number of alkyl carbamates (subject to hydrolysis) is 1. The predicted molar refractivity (Wildman–Crippen MR) is 90.8 cm³/mol. The molecular formula is C18H24N2O5. The van der Waals surface area contributed by atoms with Crippen LogP contribution >= 0.6 is 0 Å². The molecule has 1 aromatic carbocycles. The summed E-state index contributed by atoms with van der Waals surface area (Å²) >= 11 is 0. The maximum Gasteiger partial charge on any atom is 0.407 e. The van der Waals surface area contributed by atoms with Gasteiger partial charge in [-0.1, -0.05) is 30.3 Å². The second-order valence-corrected chi connectivity index (χ2v) is 7.13. The Morgan fingerprint density at radius 3 is 2.48 bits per heavy atom. The molecule has 1 saturated heterocycles. The fraction of sp³-hybridized carbons (Fsp3) is 0.500. The summed E-state index contributed by atoms with van der Waals surface area (Å²) in [4.78, 5) is 37.2. The molecule has 1 aromatic rings. The molecule has 1 aliphatic heterocycles. The standard InChI is InChI=1S/C18H24N2O5/c1-18(2,3)25-17(24)19-13-9-15(21)20(14(13)10-16(22)23)11-12-7-5-4-6-8-12/h4-8,13-14H,9-11H2,1-3H3,(H,19,24)(H,22,23). The van der Waals surface area contributed by atoms with Crippen molar-refractivity contribution in [2.24, 2.45) is 0 Å². The Balaban J connectivity index is 2.13. The first kappa shape index (κ1) is 18.8. The first-order chi connectivity index (χ1) is 11.7. The van der Waals surface area contributed by atoms with Gasteiger partial charge < -0.3 is 20.1 Å². The molecule has 1 aliphatic rings. The Kier molecular flexibility index (Phi) is 5.66. The Hall–Kier alpha value is -2.57. The molecule has 0 aromatic heterocycles. The summed E-state index contributed by atoms with van der Waals surface area (Å²) in [5, 5.41) is 11.9. The lowest BCUT2D eigenvalue weighted by atomic mass is 10.1. The molecule has 1 fully saturated rings. The van der Waals surface area contributed by atoms with E-state index in [4.69, 9.17) is 4.74 Å². The Morgan fingerprint density at radius 1 is 1.28 bits per heavy atom. The number of benzene rings is 1. The molecule has 2 atom stereocenters. The maximum absolute atomic E-state index is 12.4. The molecule has 136 valence electrons. The van der Waals surface area contributed by atoms with E-state index in [-0.39, 0.29) is 18.7 Å². The van der Waals surface area contributed by atoms with Gasteiger partial charge in [0.2, 0.25) is 5.91 Å². The number of likely N-dealkylation sites (tertiary alicyclic amines) is 1. The fourth-order valence-electron chi connectivity index (χ4n) is 2.87. The van der Waals surface area contributed by atoms with Gasteiger partial charge in [0.25, 0.3) is 0 Å². The van der Waals surface area contributed by atoms with Gasteiger partial charge >= 0.3 is 12.1 Å². The van der Waals surface area contributed by atoms with Crippen molar-refractivity contribution in [1.29, 1.82) is 0 Å². The number of carbonyl (C=O) groups is 3. The zero-order chi connectivity index (χ0) is 18.6. The molecule has 0 saturated carbocycles. The van der Waals surface area contributed by atoms with Crippen molar-refractivity contribution < 1.29 is 24.2 Å². The number of carboxylic acids is 1. The number of nitrogens with one attached hydrogen (secondary N) is 1. The number of amides is 2. The van der Waals surface area contributed by atoms with Gasteiger partial charge in [-0.3, -0.25) is 9.59 Å². The number of hydrogen-bond acceptors (Lipinski definition) is 4. The van der Waals surface area contributed by atoms with E-state index in [1.54, 1.807) is 20.8 Å². The topological polar surface area (TPSA) is 95.9 Å². The van der Waals surface area contributed by atoms with Crippen molar-refractivity contribution in [1.82, 2.24) is 10.2 Å². The van der Waals surface area contributed by atoms with E-state index < -0.39 is 29.7 Å². The van der Waals surface area contributed by atoms with Gasteiger partial charge in [-0.05, 0) is 26.3 Å². The van der Waals surface area contributed by atoms with Crippen LogP contribution < -0.4 is 5.32 Å². The molecule has 0 radical (unpaired) electrons. The van der Waals surface area contributed by atoms with Gasteiger partial charge in [0.05, 0.1) is 18.5 Å². The number of rotatable bonds is 5. The normalized spacial score (nSPS) is 20.4. The number of nitrogens with zero attached hydrogens (tertiary/aromatic N) is 1. The van der Waals surface area contributed by atoms with Crippen LogP contribution in [-0.2, 0) is 20.9 Å². The number of carboxylic acid groups (broad SMARTS) is 1. The molecule has 2 amide bonds. The minimum Gasteiger partial charge on any atom is -0.481 e. The summed E-state index contributed by atoms with van der Waals surface area (Å²) in [6.45, 7) is 5.53. The van der Waals surface area contributed by atoms with Crippen LogP contribution in [0.2, 0.25) is 0 Å². The summed E-state index contributed by atoms with van der Waals surface area (Å²) < 4.78 is 5.21. The SMILES string of the molecule is CC(C)(C)OC(=O)NC1CC(=O)N(Cc2ccccc2)C1CC(=O)O. The van der Waals surface area contributed by atoms with Gasteiger partial charge in [0, 0.05) is 13.0 Å². The fourth-order valence-corrected chi connectivity index (χ4v) is 2.87. The molecule has 2 unspecified atom stereocenters. The Labute approximate surface area is 147 Å². The van der Waals surface area contributed by atoms with Crippen LogP contribution in [0.4, 0.5) is 4.79 Å². The predicted octanol–water partition coefficient (Wildman–Crippen LogP) is 2.16. The molecule has 0 aliphatic carbocycles. The van der Waals surface area contributed by atoms with E-state index in [1.807, 2.05) is 30.3 Å². The summed E-state index contributed by atoms with van der Waals surface area (Å²) in [7, 11) is 0. The van der Waals surface area contributed by atoms with Crippen molar-refractivity contribution in [2.75, 3.05) is 0 Å². The van der Waals surface area contributed by atoms with Gasteiger partial charge in [-0.25, -0.2) is 4.79 Å². The van der Waals surface area contributed by atoms with Crippen molar-refractivity contribution in [3.05, 3.63) is 35.9 Å². The molecule has 7 nitrogen and oxygen atoms in total. The zero-order valence-electron chi connectivity index (χ0n) is 14.7. The first-order valence-electron chi connectivity index (χ1n) is 8.20. The number of hydrogen-bond donors (Lipinski definition) is 2. The highest BCUT2D eigenvalue weighted by molar-refractivity contribution is 5.83. The minimum absolute atomic E-state index is 0.0595. The number of carbonyl (C=O) groups excluding carboxylic acids is 2. The average Bonchev–Trinajstić information content (AvgIpc) is 2.74. The van der Waals surface area contributed by atoms with E-state index >= 15 is 0 Å². The quantitative estimate of drug-likeness (QED) is 0.850. The average molecular weight is 348 g/mol. The molecule has 2 N–H and O–H groups in total. The van der Waals surface area contributed by atoms with Crippen LogP contribution in [-0.4, -0.2) is 45.7 Å². The van der Waals surface area contributed by atoms with E-state index in [1.165, 1.54) is 4.90 Å². The molecule has 7 heteroatoms. The largest absolute Gasteiger partial charge is 0.481 e. The second kappa shape index (κ2) is 7.55. The number of aliphatic carboxylic acids is 1. The highest BCUT2D eigenvalue weighted by Gasteiger charge is 2.42. The third-order valence-electron chi connectivity index (χ3n) is 3.86. The smallest absolute Gasteiger partial charge is 0.407 e. The van der Waals surface area contributed by atoms with E-state index in [0.29, 0.717) is 6.54 Å². The summed E-state index contributed by atoms with van der Waals surface area (Å²) in [6.07, 6.45) is -0.828. The molecule has 0 bridgehead atoms. The third-order valence-corrected chi connectivity index (χ3v) is 3.86. The van der Waals surface area contributed by atoms with Gasteiger partial charge in [-0.2, -0.15) is 0 Å². The first-order valence-corrected chi connectivity index (χ1v) is 8.20. The molecular weight excluding hydrogens is 324 g/mol. The van der Waals surface area contributed by atoms with Crippen LogP contribution in [0.25, 0.3) is 0 Å². The monoisotopic (exact) mass is 348 g/mol. The zero-order valence-corrected chi connectivity index (χ0v) is 14.7. The van der Waals surface area contributed by atoms with Crippen LogP contribution in [0.1, 0.15) is 39.2 Å². The van der Waals surface area contributed by atoms with Crippen molar-refractivity contribution in [2.45, 2.75) is 57.8 Å². The van der Waals surface area contributed by atoms with Crippen LogP contribution in [0.15, 0.2) is 30.3 Å². The van der Waals surface area contributed by atoms with Crippen LogP contribution in [0, 0.1) is 0 Å². The highest BCUT2D eigenvalue weighted by Crippen LogP contribution is 2.25. The lowest BCUT2D eigenvalue weighted by molar-refractivity contribution is -0.139. The number of ether oxygens (including phenoxy) is 1. The second-order valence-electron chi connectivity index (χ2n) is 7.13. The van der Waals surface area contributed by atoms with Crippen LogP contribution in [0.5, 0.6) is 0 Å². The van der Waals surface area contributed by atoms with E-state index in [0.717, 1.165) is 5.56 Å².